The number of pyridine rings is 1. The van der Waals surface area contributed by atoms with Gasteiger partial charge >= 0.3 is 0 Å². The van der Waals surface area contributed by atoms with E-state index in [-0.39, 0.29) is 5.69 Å². The van der Waals surface area contributed by atoms with E-state index < -0.39 is 11.9 Å². The van der Waals surface area contributed by atoms with Gasteiger partial charge in [0.05, 0.1) is 28.1 Å². The van der Waals surface area contributed by atoms with Crippen LogP contribution in [-0.2, 0) is 19.4 Å². The van der Waals surface area contributed by atoms with Crippen LogP contribution in [0.2, 0.25) is 5.02 Å². The van der Waals surface area contributed by atoms with Crippen LogP contribution in [0.15, 0.2) is 18.3 Å². The highest BCUT2D eigenvalue weighted by Gasteiger charge is 2.22. The molecule has 0 aromatic carbocycles. The maximum absolute atomic E-state index is 13.9. The van der Waals surface area contributed by atoms with Gasteiger partial charge in [-0.3, -0.25) is 20.9 Å². The van der Waals surface area contributed by atoms with E-state index in [9.17, 15) is 4.39 Å². The van der Waals surface area contributed by atoms with Crippen molar-refractivity contribution < 1.29 is 4.39 Å². The topological polar surface area (TPSA) is 68.8 Å². The van der Waals surface area contributed by atoms with Gasteiger partial charge in [-0.2, -0.15) is 5.10 Å². The monoisotopic (exact) mass is 311 g/mol. The van der Waals surface area contributed by atoms with Gasteiger partial charge in [0, 0.05) is 19.2 Å². The zero-order valence-corrected chi connectivity index (χ0v) is 12.9. The summed E-state index contributed by atoms with van der Waals surface area (Å²) in [5.74, 6) is 5.18. The van der Waals surface area contributed by atoms with Crippen LogP contribution in [0.4, 0.5) is 4.39 Å². The molecule has 5 nitrogen and oxygen atoms in total. The van der Waals surface area contributed by atoms with E-state index in [0.29, 0.717) is 18.0 Å². The lowest BCUT2D eigenvalue weighted by molar-refractivity contribution is 0.477. The van der Waals surface area contributed by atoms with Crippen molar-refractivity contribution in [2.24, 2.45) is 5.84 Å². The van der Waals surface area contributed by atoms with Crippen molar-refractivity contribution >= 4 is 11.6 Å². The lowest BCUT2D eigenvalue weighted by Gasteiger charge is -2.16. The Morgan fingerprint density at radius 1 is 1.48 bits per heavy atom. The Labute approximate surface area is 128 Å². The summed E-state index contributed by atoms with van der Waals surface area (Å²) >= 11 is 6.37. The molecule has 0 saturated carbocycles. The van der Waals surface area contributed by atoms with Crippen molar-refractivity contribution in [1.29, 1.82) is 0 Å². The standard InChI is InChI=1S/C14H19ClFN5/c1-3-10-13(15)12(21(4-2)20-10)8-11(19-17)14-9(16)6-5-7-18-14/h5-7,11,19H,3-4,8,17H2,1-2H3. The second-order valence-corrected chi connectivity index (χ2v) is 5.05. The smallest absolute Gasteiger partial charge is 0.146 e. The van der Waals surface area contributed by atoms with Crippen LogP contribution in [0.25, 0.3) is 0 Å². The van der Waals surface area contributed by atoms with Gasteiger partial charge in [-0.05, 0) is 25.5 Å². The summed E-state index contributed by atoms with van der Waals surface area (Å²) in [7, 11) is 0. The Morgan fingerprint density at radius 2 is 2.24 bits per heavy atom. The first-order chi connectivity index (χ1) is 10.1. The zero-order valence-electron chi connectivity index (χ0n) is 12.1. The number of hydrogen-bond donors (Lipinski definition) is 2. The first-order valence-corrected chi connectivity index (χ1v) is 7.30. The third-order valence-electron chi connectivity index (χ3n) is 3.41. The first-order valence-electron chi connectivity index (χ1n) is 6.92. The van der Waals surface area contributed by atoms with Crippen molar-refractivity contribution in [1.82, 2.24) is 20.2 Å². The minimum atomic E-state index is -0.463. The van der Waals surface area contributed by atoms with Gasteiger partial charge in [-0.1, -0.05) is 18.5 Å². The normalized spacial score (nSPS) is 12.6. The first kappa shape index (κ1) is 15.9. The fourth-order valence-corrected chi connectivity index (χ4v) is 2.64. The molecule has 2 aromatic heterocycles. The van der Waals surface area contributed by atoms with Crippen LogP contribution >= 0.6 is 11.6 Å². The van der Waals surface area contributed by atoms with Crippen LogP contribution in [0.1, 0.15) is 37.0 Å². The molecule has 0 bridgehead atoms. The minimum Gasteiger partial charge on any atom is -0.271 e. The third-order valence-corrected chi connectivity index (χ3v) is 3.85. The molecule has 0 spiro atoms. The summed E-state index contributed by atoms with van der Waals surface area (Å²) in [6.45, 7) is 4.67. The number of rotatable bonds is 6. The van der Waals surface area contributed by atoms with Crippen LogP contribution in [0.5, 0.6) is 0 Å². The van der Waals surface area contributed by atoms with E-state index in [1.807, 2.05) is 18.5 Å². The average Bonchev–Trinajstić information content (AvgIpc) is 2.81. The molecule has 0 amide bonds. The molecule has 1 unspecified atom stereocenters. The molecule has 2 heterocycles. The molecule has 3 N–H and O–H groups in total. The maximum atomic E-state index is 13.9. The van der Waals surface area contributed by atoms with Crippen LogP contribution in [-0.4, -0.2) is 14.8 Å². The Hall–Kier alpha value is -1.50. The molecule has 0 radical (unpaired) electrons. The molecule has 0 aliphatic carbocycles. The highest BCUT2D eigenvalue weighted by Crippen LogP contribution is 2.26. The van der Waals surface area contributed by atoms with Gasteiger partial charge in [0.25, 0.3) is 0 Å². The molecular formula is C14H19ClFN5. The van der Waals surface area contributed by atoms with Gasteiger partial charge in [-0.15, -0.1) is 0 Å². The average molecular weight is 312 g/mol. The second-order valence-electron chi connectivity index (χ2n) is 4.67. The molecule has 2 aromatic rings. The molecule has 2 rings (SSSR count). The van der Waals surface area contributed by atoms with E-state index in [4.69, 9.17) is 17.4 Å². The van der Waals surface area contributed by atoms with Gasteiger partial charge in [0.1, 0.15) is 5.82 Å². The molecule has 0 aliphatic heterocycles. The number of nitrogens with two attached hydrogens (primary N) is 1. The Kier molecular flexibility index (Phi) is 5.27. The number of nitrogens with one attached hydrogen (secondary N) is 1. The van der Waals surface area contributed by atoms with Crippen LogP contribution < -0.4 is 11.3 Å². The lowest BCUT2D eigenvalue weighted by Crippen LogP contribution is -2.31. The fourth-order valence-electron chi connectivity index (χ4n) is 2.29. The molecule has 1 atom stereocenters. The maximum Gasteiger partial charge on any atom is 0.146 e. The lowest BCUT2D eigenvalue weighted by atomic mass is 10.1. The fraction of sp³-hybridized carbons (Fsp3) is 0.429. The van der Waals surface area contributed by atoms with Crippen molar-refractivity contribution in [2.75, 3.05) is 0 Å². The van der Waals surface area contributed by atoms with Crippen molar-refractivity contribution in [3.63, 3.8) is 0 Å². The highest BCUT2D eigenvalue weighted by atomic mass is 35.5. The van der Waals surface area contributed by atoms with E-state index in [2.05, 4.69) is 15.5 Å². The van der Waals surface area contributed by atoms with Gasteiger partial charge in [0.2, 0.25) is 0 Å². The molecule has 21 heavy (non-hydrogen) atoms. The van der Waals surface area contributed by atoms with E-state index in [1.54, 1.807) is 12.3 Å². The molecule has 0 saturated heterocycles. The minimum absolute atomic E-state index is 0.276. The number of hydrazine groups is 1. The predicted octanol–water partition coefficient (Wildman–Crippen LogP) is 2.40. The summed E-state index contributed by atoms with van der Waals surface area (Å²) in [5, 5.41) is 5.07. The number of hydrogen-bond acceptors (Lipinski definition) is 4. The van der Waals surface area contributed by atoms with Gasteiger partial charge < -0.3 is 0 Å². The van der Waals surface area contributed by atoms with E-state index in [0.717, 1.165) is 17.8 Å². The SMILES string of the molecule is CCc1nn(CC)c(CC(NN)c2ncccc2F)c1Cl. The Bertz CT molecular complexity index is 613. The molecule has 0 fully saturated rings. The number of nitrogens with zero attached hydrogens (tertiary/aromatic N) is 3. The summed E-state index contributed by atoms with van der Waals surface area (Å²) in [6, 6.07) is 2.45. The molecule has 114 valence electrons. The zero-order chi connectivity index (χ0) is 15.4. The largest absolute Gasteiger partial charge is 0.271 e. The quantitative estimate of drug-likeness (QED) is 0.635. The van der Waals surface area contributed by atoms with Crippen LogP contribution in [0, 0.1) is 5.82 Å². The van der Waals surface area contributed by atoms with Crippen molar-refractivity contribution in [3.8, 4) is 0 Å². The van der Waals surface area contributed by atoms with Gasteiger partial charge in [-0.25, -0.2) is 4.39 Å². The predicted molar refractivity (Wildman–Crippen MR) is 80.3 cm³/mol. The van der Waals surface area contributed by atoms with Crippen molar-refractivity contribution in [2.45, 2.75) is 39.3 Å². The Morgan fingerprint density at radius 3 is 2.81 bits per heavy atom. The molecule has 0 aliphatic rings. The van der Waals surface area contributed by atoms with Crippen molar-refractivity contribution in [3.05, 3.63) is 46.3 Å². The molecular weight excluding hydrogens is 293 g/mol. The van der Waals surface area contributed by atoms with Gasteiger partial charge in [0.15, 0.2) is 0 Å². The Balaban J connectivity index is 2.35. The second kappa shape index (κ2) is 6.98. The summed E-state index contributed by atoms with van der Waals surface area (Å²) in [5.41, 5.74) is 4.56. The van der Waals surface area contributed by atoms with E-state index >= 15 is 0 Å². The summed E-state index contributed by atoms with van der Waals surface area (Å²) < 4.78 is 15.7. The number of halogens is 2. The third kappa shape index (κ3) is 3.23. The summed E-state index contributed by atoms with van der Waals surface area (Å²) in [4.78, 5) is 4.07. The molecule has 7 heteroatoms. The number of aromatic nitrogens is 3. The summed E-state index contributed by atoms with van der Waals surface area (Å²) in [6.07, 6.45) is 2.71. The van der Waals surface area contributed by atoms with E-state index in [1.165, 1.54) is 6.07 Å². The number of aryl methyl sites for hydroxylation is 2. The highest BCUT2D eigenvalue weighted by molar-refractivity contribution is 6.31. The van der Waals surface area contributed by atoms with Crippen LogP contribution in [0.3, 0.4) is 0 Å².